The van der Waals surface area contributed by atoms with Gasteiger partial charge in [0.05, 0.1) is 12.1 Å². The minimum atomic E-state index is -1.000. The van der Waals surface area contributed by atoms with Crippen LogP contribution in [0, 0.1) is 17.0 Å². The van der Waals surface area contributed by atoms with E-state index in [1.165, 1.54) is 17.7 Å². The summed E-state index contributed by atoms with van der Waals surface area (Å²) in [5, 5.41) is 17.4. The Morgan fingerprint density at radius 3 is 2.19 bits per heavy atom. The van der Waals surface area contributed by atoms with Crippen molar-refractivity contribution < 1.29 is 23.5 Å². The summed E-state index contributed by atoms with van der Waals surface area (Å²) in [4.78, 5) is 28.7. The van der Waals surface area contributed by atoms with Gasteiger partial charge < -0.3 is 20.6 Å². The van der Waals surface area contributed by atoms with Gasteiger partial charge in [-0.2, -0.15) is 0 Å². The van der Waals surface area contributed by atoms with Crippen LogP contribution < -0.4 is 10.6 Å². The molecule has 2 aromatic rings. The number of amides is 2. The molecule has 0 radical (unpaired) electrons. The number of nitrogens with zero attached hydrogens (tertiary/aromatic N) is 1. The van der Waals surface area contributed by atoms with Gasteiger partial charge in [0.25, 0.3) is 0 Å². The molecule has 2 aromatic carbocycles. The largest absolute Gasteiger partial charge is 0.390 e. The van der Waals surface area contributed by atoms with Crippen LogP contribution in [0.15, 0.2) is 42.5 Å². The standard InChI is InChI=1S/C34H49F2N3O3/c1-4-14-39(15-5-2)33(42)22-34(12-7-8-13-34)21-32(41)38-30(19-27-17-28(35)20-29(36)18-27)31(40)24-37-23-26-11-9-10-25(6-3)16-26/h9-11,16-18,20,30-31,37,40H,4-8,12-15,19,21-24H2,1-3H3,(H,38,41)/t30-,31-/m0/s1. The zero-order valence-electron chi connectivity index (χ0n) is 25.6. The first-order valence-electron chi connectivity index (χ1n) is 15.7. The Morgan fingerprint density at radius 1 is 0.929 bits per heavy atom. The fraction of sp³-hybridized carbons (Fsp3) is 0.588. The van der Waals surface area contributed by atoms with Crippen LogP contribution >= 0.6 is 0 Å². The van der Waals surface area contributed by atoms with Crippen molar-refractivity contribution in [2.75, 3.05) is 19.6 Å². The van der Waals surface area contributed by atoms with Gasteiger partial charge in [-0.25, -0.2) is 8.78 Å². The summed E-state index contributed by atoms with van der Waals surface area (Å²) >= 11 is 0. The molecule has 232 valence electrons. The highest BCUT2D eigenvalue weighted by atomic mass is 19.1. The van der Waals surface area contributed by atoms with E-state index in [4.69, 9.17) is 0 Å². The molecule has 1 fully saturated rings. The molecule has 0 aromatic heterocycles. The maximum absolute atomic E-state index is 14.0. The Hall–Kier alpha value is -2.84. The minimum Gasteiger partial charge on any atom is -0.390 e. The van der Waals surface area contributed by atoms with Gasteiger partial charge in [0, 0.05) is 45.1 Å². The van der Waals surface area contributed by atoms with Crippen molar-refractivity contribution in [3.05, 3.63) is 70.8 Å². The average molecular weight is 586 g/mol. The van der Waals surface area contributed by atoms with Crippen LogP contribution in [0.4, 0.5) is 8.78 Å². The van der Waals surface area contributed by atoms with Crippen molar-refractivity contribution >= 4 is 11.8 Å². The lowest BCUT2D eigenvalue weighted by Crippen LogP contribution is -2.49. The molecular formula is C34H49F2N3O3. The van der Waals surface area contributed by atoms with Gasteiger partial charge in [0.1, 0.15) is 11.6 Å². The quantitative estimate of drug-likeness (QED) is 0.223. The van der Waals surface area contributed by atoms with E-state index in [1.807, 2.05) is 17.0 Å². The Bertz CT molecular complexity index is 1130. The molecule has 1 aliphatic rings. The molecule has 0 heterocycles. The number of aliphatic hydroxyl groups is 1. The molecule has 3 rings (SSSR count). The van der Waals surface area contributed by atoms with Crippen LogP contribution in [0.1, 0.15) is 88.8 Å². The SMILES string of the molecule is CCCN(CCC)C(=O)CC1(CC(=O)N[C@@H](Cc2cc(F)cc(F)c2)[C@@H](O)CNCc2cccc(CC)c2)CCCC1. The zero-order valence-corrected chi connectivity index (χ0v) is 25.6. The van der Waals surface area contributed by atoms with Gasteiger partial charge >= 0.3 is 0 Å². The van der Waals surface area contributed by atoms with E-state index >= 15 is 0 Å². The molecule has 1 saturated carbocycles. The topological polar surface area (TPSA) is 81.7 Å². The van der Waals surface area contributed by atoms with E-state index in [1.54, 1.807) is 0 Å². The number of rotatable bonds is 17. The molecule has 8 heteroatoms. The van der Waals surface area contributed by atoms with Gasteiger partial charge in [-0.15, -0.1) is 0 Å². The number of hydrogen-bond acceptors (Lipinski definition) is 4. The first kappa shape index (κ1) is 33.7. The number of hydrogen-bond donors (Lipinski definition) is 3. The van der Waals surface area contributed by atoms with Gasteiger partial charge in [0.2, 0.25) is 11.8 Å². The second kappa shape index (κ2) is 16.7. The molecule has 2 atom stereocenters. The summed E-state index contributed by atoms with van der Waals surface area (Å²) in [5.41, 5.74) is 2.25. The van der Waals surface area contributed by atoms with Crippen LogP contribution in [-0.4, -0.2) is 53.6 Å². The highest BCUT2D eigenvalue weighted by Crippen LogP contribution is 2.44. The number of aryl methyl sites for hydroxylation is 1. The molecule has 3 N–H and O–H groups in total. The Morgan fingerprint density at radius 2 is 1.57 bits per heavy atom. The van der Waals surface area contributed by atoms with Gasteiger partial charge in [-0.1, -0.05) is 57.9 Å². The third-order valence-corrected chi connectivity index (χ3v) is 8.34. The third-order valence-electron chi connectivity index (χ3n) is 8.34. The smallest absolute Gasteiger partial charge is 0.223 e. The molecule has 0 saturated heterocycles. The van der Waals surface area contributed by atoms with Crippen molar-refractivity contribution in [1.82, 2.24) is 15.5 Å². The monoisotopic (exact) mass is 585 g/mol. The van der Waals surface area contributed by atoms with E-state index in [0.29, 0.717) is 31.6 Å². The molecular weight excluding hydrogens is 536 g/mol. The van der Waals surface area contributed by atoms with Gasteiger partial charge in [-0.05, 0) is 72.8 Å². The minimum absolute atomic E-state index is 0.0707. The second-order valence-corrected chi connectivity index (χ2v) is 12.0. The Balaban J connectivity index is 1.70. The average Bonchev–Trinajstić information content (AvgIpc) is 3.39. The predicted molar refractivity (Wildman–Crippen MR) is 163 cm³/mol. The molecule has 0 aliphatic heterocycles. The van der Waals surface area contributed by atoms with Crippen LogP contribution in [0.2, 0.25) is 0 Å². The van der Waals surface area contributed by atoms with E-state index in [2.05, 4.69) is 43.5 Å². The van der Waals surface area contributed by atoms with Crippen LogP contribution in [0.5, 0.6) is 0 Å². The molecule has 1 aliphatic carbocycles. The number of carbonyl (C=O) groups is 2. The van der Waals surface area contributed by atoms with Crippen LogP contribution in [0.3, 0.4) is 0 Å². The third kappa shape index (κ3) is 10.5. The highest BCUT2D eigenvalue weighted by molar-refractivity contribution is 5.80. The van der Waals surface area contributed by atoms with E-state index in [0.717, 1.165) is 56.6 Å². The second-order valence-electron chi connectivity index (χ2n) is 12.0. The Kier molecular flexibility index (Phi) is 13.4. The number of carbonyl (C=O) groups excluding carboxylic acids is 2. The zero-order chi connectivity index (χ0) is 30.5. The van der Waals surface area contributed by atoms with Crippen molar-refractivity contribution in [3.8, 4) is 0 Å². The fourth-order valence-corrected chi connectivity index (χ4v) is 6.21. The van der Waals surface area contributed by atoms with E-state index in [-0.39, 0.29) is 31.2 Å². The lowest BCUT2D eigenvalue weighted by atomic mass is 9.78. The van der Waals surface area contributed by atoms with E-state index < -0.39 is 29.2 Å². The summed E-state index contributed by atoms with van der Waals surface area (Å²) in [6, 6.07) is 10.7. The number of nitrogens with one attached hydrogen (secondary N) is 2. The van der Waals surface area contributed by atoms with Crippen molar-refractivity contribution in [3.63, 3.8) is 0 Å². The van der Waals surface area contributed by atoms with Gasteiger partial charge in [-0.3, -0.25) is 9.59 Å². The lowest BCUT2D eigenvalue weighted by Gasteiger charge is -2.32. The van der Waals surface area contributed by atoms with Crippen molar-refractivity contribution in [1.29, 1.82) is 0 Å². The van der Waals surface area contributed by atoms with Crippen LogP contribution in [-0.2, 0) is 29.0 Å². The summed E-state index contributed by atoms with van der Waals surface area (Å²) in [6.45, 7) is 8.36. The summed E-state index contributed by atoms with van der Waals surface area (Å²) in [5.74, 6) is -1.56. The van der Waals surface area contributed by atoms with Crippen LogP contribution in [0.25, 0.3) is 0 Å². The van der Waals surface area contributed by atoms with Gasteiger partial charge in [0.15, 0.2) is 0 Å². The summed E-state index contributed by atoms with van der Waals surface area (Å²) in [6.07, 6.45) is 5.84. The number of benzene rings is 2. The first-order chi connectivity index (χ1) is 20.2. The summed E-state index contributed by atoms with van der Waals surface area (Å²) in [7, 11) is 0. The number of halogens is 2. The fourth-order valence-electron chi connectivity index (χ4n) is 6.21. The maximum atomic E-state index is 14.0. The molecule has 42 heavy (non-hydrogen) atoms. The first-order valence-corrected chi connectivity index (χ1v) is 15.7. The van der Waals surface area contributed by atoms with Crippen molar-refractivity contribution in [2.45, 2.75) is 104 Å². The maximum Gasteiger partial charge on any atom is 0.223 e. The van der Waals surface area contributed by atoms with E-state index in [9.17, 15) is 23.5 Å². The molecule has 0 unspecified atom stereocenters. The molecule has 0 spiro atoms. The molecule has 2 amide bonds. The predicted octanol–water partition coefficient (Wildman–Crippen LogP) is 5.69. The molecule has 0 bridgehead atoms. The Labute approximate surface area is 250 Å². The van der Waals surface area contributed by atoms with Crippen molar-refractivity contribution in [2.24, 2.45) is 5.41 Å². The molecule has 6 nitrogen and oxygen atoms in total. The normalized spacial score (nSPS) is 15.8. The highest BCUT2D eigenvalue weighted by Gasteiger charge is 2.39. The number of aliphatic hydroxyl groups excluding tert-OH is 1. The summed E-state index contributed by atoms with van der Waals surface area (Å²) < 4.78 is 27.9. The lowest BCUT2D eigenvalue weighted by molar-refractivity contribution is -0.135.